The minimum absolute atomic E-state index is 0.207. The minimum Gasteiger partial charge on any atom is -0.370 e. The summed E-state index contributed by atoms with van der Waals surface area (Å²) in [4.78, 5) is 6.61. The molecule has 0 unspecified atom stereocenters. The summed E-state index contributed by atoms with van der Waals surface area (Å²) in [6, 6.07) is 3.91. The highest BCUT2D eigenvalue weighted by atomic mass is 32.2. The van der Waals surface area contributed by atoms with Gasteiger partial charge in [0.1, 0.15) is 10.7 Å². The Morgan fingerprint density at radius 2 is 2.10 bits per heavy atom. The van der Waals surface area contributed by atoms with Crippen molar-refractivity contribution in [1.82, 2.24) is 14.6 Å². The molecule has 2 rings (SSSR count). The average Bonchev–Trinajstić information content (AvgIpc) is 3.29. The molecule has 118 valence electrons. The molecular formula is C14H24N4O2S. The Labute approximate surface area is 127 Å². The van der Waals surface area contributed by atoms with Gasteiger partial charge in [-0.1, -0.05) is 6.92 Å². The minimum atomic E-state index is -3.47. The molecule has 1 saturated carbocycles. The van der Waals surface area contributed by atoms with Gasteiger partial charge >= 0.3 is 0 Å². The molecule has 0 saturated heterocycles. The van der Waals surface area contributed by atoms with Crippen molar-refractivity contribution < 1.29 is 8.42 Å². The lowest BCUT2D eigenvalue weighted by molar-refractivity contribution is 0.282. The first kappa shape index (κ1) is 16.2. The molecule has 0 bridgehead atoms. The van der Waals surface area contributed by atoms with E-state index in [9.17, 15) is 8.42 Å². The summed E-state index contributed by atoms with van der Waals surface area (Å²) in [7, 11) is -3.47. The number of likely N-dealkylation sites (N-methyl/N-ethyl adjacent to an activating group) is 1. The third-order valence-electron chi connectivity index (χ3n) is 3.57. The van der Waals surface area contributed by atoms with E-state index in [1.807, 2.05) is 6.92 Å². The highest BCUT2D eigenvalue weighted by Crippen LogP contribution is 2.25. The van der Waals surface area contributed by atoms with Crippen molar-refractivity contribution in [2.45, 2.75) is 37.6 Å². The van der Waals surface area contributed by atoms with Crippen molar-refractivity contribution in [1.29, 1.82) is 0 Å². The second kappa shape index (κ2) is 7.20. The van der Waals surface area contributed by atoms with Crippen LogP contribution in [-0.4, -0.2) is 50.5 Å². The zero-order chi connectivity index (χ0) is 15.3. The number of hydrogen-bond donors (Lipinski definition) is 2. The monoisotopic (exact) mass is 312 g/mol. The van der Waals surface area contributed by atoms with Crippen LogP contribution in [0, 0.1) is 0 Å². The van der Waals surface area contributed by atoms with Crippen LogP contribution in [0.2, 0.25) is 0 Å². The van der Waals surface area contributed by atoms with Gasteiger partial charge in [-0.05, 0) is 38.4 Å². The maximum atomic E-state index is 12.2. The zero-order valence-corrected chi connectivity index (χ0v) is 13.5. The van der Waals surface area contributed by atoms with Crippen molar-refractivity contribution in [2.75, 3.05) is 31.5 Å². The number of rotatable bonds is 9. The Hall–Kier alpha value is -1.18. The Bertz CT molecular complexity index is 541. The van der Waals surface area contributed by atoms with Crippen LogP contribution < -0.4 is 10.0 Å². The van der Waals surface area contributed by atoms with E-state index >= 15 is 0 Å². The van der Waals surface area contributed by atoms with Crippen molar-refractivity contribution in [3.05, 3.63) is 18.3 Å². The van der Waals surface area contributed by atoms with Crippen LogP contribution in [0.3, 0.4) is 0 Å². The van der Waals surface area contributed by atoms with Gasteiger partial charge in [-0.3, -0.25) is 4.90 Å². The molecule has 6 nitrogen and oxygen atoms in total. The first-order chi connectivity index (χ1) is 10.1. The van der Waals surface area contributed by atoms with Crippen molar-refractivity contribution in [3.63, 3.8) is 0 Å². The fourth-order valence-corrected chi connectivity index (χ4v) is 3.24. The number of pyridine rings is 1. The van der Waals surface area contributed by atoms with Gasteiger partial charge < -0.3 is 5.32 Å². The van der Waals surface area contributed by atoms with Crippen LogP contribution in [0.15, 0.2) is 23.2 Å². The number of nitrogens with one attached hydrogen (secondary N) is 2. The smallest absolute Gasteiger partial charge is 0.242 e. The fourth-order valence-electron chi connectivity index (χ4n) is 2.27. The predicted octanol–water partition coefficient (Wildman–Crippen LogP) is 1.28. The summed E-state index contributed by atoms with van der Waals surface area (Å²) in [6.45, 7) is 6.98. The predicted molar refractivity (Wildman–Crippen MR) is 83.9 cm³/mol. The summed E-state index contributed by atoms with van der Waals surface area (Å²) >= 11 is 0. The van der Waals surface area contributed by atoms with Crippen molar-refractivity contribution in [3.8, 4) is 0 Å². The molecule has 1 aromatic heterocycles. The molecule has 0 aliphatic heterocycles. The lowest BCUT2D eigenvalue weighted by Crippen LogP contribution is -2.36. The molecule has 1 heterocycles. The number of hydrogen-bond acceptors (Lipinski definition) is 5. The van der Waals surface area contributed by atoms with Gasteiger partial charge in [0.15, 0.2) is 0 Å². The number of anilines is 1. The van der Waals surface area contributed by atoms with Crippen LogP contribution in [0.4, 0.5) is 5.82 Å². The lowest BCUT2D eigenvalue weighted by Gasteiger charge is -2.19. The lowest BCUT2D eigenvalue weighted by atomic mass is 10.4. The van der Waals surface area contributed by atoms with E-state index in [2.05, 4.69) is 26.8 Å². The molecular weight excluding hydrogens is 288 g/mol. The quantitative estimate of drug-likeness (QED) is 0.718. The summed E-state index contributed by atoms with van der Waals surface area (Å²) < 4.78 is 27.0. The van der Waals surface area contributed by atoms with E-state index in [0.717, 1.165) is 19.6 Å². The molecule has 0 aromatic carbocycles. The Morgan fingerprint density at radius 3 is 2.62 bits per heavy atom. The standard InChI is InChI=1S/C14H24N4O2S/c1-3-15-14-8-7-13(11-16-14)21(19,20)17-9-10-18(4-2)12-5-6-12/h7-8,11-12,17H,3-6,9-10H2,1-2H3,(H,15,16). The molecule has 0 atom stereocenters. The van der Waals surface area contributed by atoms with E-state index in [1.54, 1.807) is 12.1 Å². The molecule has 0 amide bonds. The van der Waals surface area contributed by atoms with Crippen molar-refractivity contribution >= 4 is 15.8 Å². The van der Waals surface area contributed by atoms with Gasteiger partial charge in [-0.2, -0.15) is 0 Å². The molecule has 1 aromatic rings. The Morgan fingerprint density at radius 1 is 1.33 bits per heavy atom. The number of nitrogens with zero attached hydrogens (tertiary/aromatic N) is 2. The van der Waals surface area contributed by atoms with Crippen LogP contribution in [-0.2, 0) is 10.0 Å². The average molecular weight is 312 g/mol. The second-order valence-electron chi connectivity index (χ2n) is 5.17. The van der Waals surface area contributed by atoms with Gasteiger partial charge in [0.2, 0.25) is 10.0 Å². The SMILES string of the molecule is CCNc1ccc(S(=O)(=O)NCCN(CC)C2CC2)cn1. The molecule has 0 radical (unpaired) electrons. The number of sulfonamides is 1. The third kappa shape index (κ3) is 4.66. The van der Waals surface area contributed by atoms with E-state index in [1.165, 1.54) is 19.0 Å². The first-order valence-corrected chi connectivity index (χ1v) is 8.98. The molecule has 1 aliphatic carbocycles. The molecule has 1 aliphatic rings. The molecule has 2 N–H and O–H groups in total. The number of aromatic nitrogens is 1. The summed E-state index contributed by atoms with van der Waals surface area (Å²) in [6.07, 6.45) is 3.85. The Balaban J connectivity index is 1.88. The highest BCUT2D eigenvalue weighted by Gasteiger charge is 2.27. The van der Waals surface area contributed by atoms with Crippen molar-refractivity contribution in [2.24, 2.45) is 0 Å². The molecule has 21 heavy (non-hydrogen) atoms. The van der Waals surface area contributed by atoms with E-state index < -0.39 is 10.0 Å². The third-order valence-corrected chi connectivity index (χ3v) is 5.01. The van der Waals surface area contributed by atoms with Gasteiger partial charge in [0, 0.05) is 31.9 Å². The van der Waals surface area contributed by atoms with Gasteiger partial charge in [-0.25, -0.2) is 18.1 Å². The van der Waals surface area contributed by atoms with Gasteiger partial charge in [0.25, 0.3) is 0 Å². The maximum Gasteiger partial charge on any atom is 0.242 e. The topological polar surface area (TPSA) is 74.3 Å². The summed E-state index contributed by atoms with van der Waals surface area (Å²) in [5, 5.41) is 3.04. The van der Waals surface area contributed by atoms with E-state index in [0.29, 0.717) is 18.4 Å². The normalized spacial score (nSPS) is 15.4. The molecule has 0 spiro atoms. The van der Waals surface area contributed by atoms with Gasteiger partial charge in [-0.15, -0.1) is 0 Å². The van der Waals surface area contributed by atoms with E-state index in [-0.39, 0.29) is 4.90 Å². The van der Waals surface area contributed by atoms with Gasteiger partial charge in [0.05, 0.1) is 0 Å². The molecule has 7 heteroatoms. The second-order valence-corrected chi connectivity index (χ2v) is 6.93. The van der Waals surface area contributed by atoms with Crippen LogP contribution in [0.5, 0.6) is 0 Å². The Kier molecular flexibility index (Phi) is 5.55. The van der Waals surface area contributed by atoms with E-state index in [4.69, 9.17) is 0 Å². The maximum absolute atomic E-state index is 12.2. The summed E-state index contributed by atoms with van der Waals surface area (Å²) in [5.41, 5.74) is 0. The van der Waals surface area contributed by atoms with Crippen LogP contribution >= 0.6 is 0 Å². The fraction of sp³-hybridized carbons (Fsp3) is 0.643. The van der Waals surface area contributed by atoms with Crippen LogP contribution in [0.1, 0.15) is 26.7 Å². The first-order valence-electron chi connectivity index (χ1n) is 7.50. The molecule has 1 fully saturated rings. The largest absolute Gasteiger partial charge is 0.370 e. The highest BCUT2D eigenvalue weighted by molar-refractivity contribution is 7.89. The summed E-state index contributed by atoms with van der Waals surface area (Å²) in [5.74, 6) is 0.683. The van der Waals surface area contributed by atoms with Crippen LogP contribution in [0.25, 0.3) is 0 Å². The zero-order valence-electron chi connectivity index (χ0n) is 12.7.